The van der Waals surface area contributed by atoms with E-state index in [0.717, 1.165) is 16.4 Å². The summed E-state index contributed by atoms with van der Waals surface area (Å²) in [5.74, 6) is -0.0856. The van der Waals surface area contributed by atoms with Gasteiger partial charge in [-0.3, -0.25) is 9.59 Å². The maximum absolute atomic E-state index is 12.8. The van der Waals surface area contributed by atoms with E-state index in [1.165, 1.54) is 6.07 Å². The molecule has 1 fully saturated rings. The third kappa shape index (κ3) is 3.34. The lowest BCUT2D eigenvalue weighted by molar-refractivity contribution is 0.0711. The maximum atomic E-state index is 12.8. The molecule has 1 aromatic heterocycles. The molecule has 0 radical (unpaired) electrons. The van der Waals surface area contributed by atoms with E-state index in [1.807, 2.05) is 19.1 Å². The normalized spacial score (nSPS) is 18.1. The van der Waals surface area contributed by atoms with E-state index in [2.05, 4.69) is 26.2 Å². The van der Waals surface area contributed by atoms with Crippen LogP contribution in [0.3, 0.4) is 0 Å². The van der Waals surface area contributed by atoms with Crippen LogP contribution in [0.1, 0.15) is 17.3 Å². The maximum Gasteiger partial charge on any atom is 0.254 e. The van der Waals surface area contributed by atoms with Crippen LogP contribution in [0.5, 0.6) is 0 Å². The number of benzene rings is 1. The van der Waals surface area contributed by atoms with Gasteiger partial charge in [0.25, 0.3) is 5.91 Å². The predicted octanol–water partition coefficient (Wildman–Crippen LogP) is 2.15. The highest BCUT2D eigenvalue weighted by Gasteiger charge is 2.23. The van der Waals surface area contributed by atoms with Crippen LogP contribution in [0.2, 0.25) is 0 Å². The van der Waals surface area contributed by atoms with Crippen LogP contribution in [0.25, 0.3) is 10.9 Å². The van der Waals surface area contributed by atoms with Gasteiger partial charge in [-0.25, -0.2) is 0 Å². The molecule has 1 unspecified atom stereocenters. The van der Waals surface area contributed by atoms with Crippen molar-refractivity contribution in [1.82, 2.24) is 15.2 Å². The van der Waals surface area contributed by atoms with Crippen LogP contribution in [0.4, 0.5) is 0 Å². The smallest absolute Gasteiger partial charge is 0.254 e. The first-order valence-corrected chi connectivity index (χ1v) is 7.69. The molecule has 7 heteroatoms. The Labute approximate surface area is 142 Å². The fourth-order valence-electron chi connectivity index (χ4n) is 2.69. The van der Waals surface area contributed by atoms with Gasteiger partial charge in [0.05, 0.1) is 5.56 Å². The second-order valence-corrected chi connectivity index (χ2v) is 6.26. The quantitative estimate of drug-likeness (QED) is 0.789. The van der Waals surface area contributed by atoms with Crippen LogP contribution < -0.4 is 10.9 Å². The highest BCUT2D eigenvalue weighted by atomic mass is 79.9. The van der Waals surface area contributed by atoms with Crippen LogP contribution in [-0.2, 0) is 0 Å². The second-order valence-electron chi connectivity index (χ2n) is 5.34. The van der Waals surface area contributed by atoms with Crippen molar-refractivity contribution in [2.45, 2.75) is 13.0 Å². The number of aromatic amines is 1. The van der Waals surface area contributed by atoms with E-state index in [-0.39, 0.29) is 29.9 Å². The Bertz CT molecular complexity index is 762. The molecule has 2 aromatic rings. The molecule has 22 heavy (non-hydrogen) atoms. The molecule has 5 nitrogen and oxygen atoms in total. The number of carbonyl (C=O) groups is 1. The zero-order valence-electron chi connectivity index (χ0n) is 12.1. The monoisotopic (exact) mass is 385 g/mol. The number of nitrogens with one attached hydrogen (secondary N) is 2. The number of piperazine rings is 1. The topological polar surface area (TPSA) is 65.2 Å². The summed E-state index contributed by atoms with van der Waals surface area (Å²) in [7, 11) is 0. The average molecular weight is 387 g/mol. The molecule has 1 atom stereocenters. The molecule has 2 N–H and O–H groups in total. The first-order chi connectivity index (χ1) is 10.0. The minimum atomic E-state index is -0.253. The Morgan fingerprint density at radius 3 is 2.86 bits per heavy atom. The van der Waals surface area contributed by atoms with Gasteiger partial charge in [0.2, 0.25) is 5.56 Å². The van der Waals surface area contributed by atoms with Gasteiger partial charge < -0.3 is 15.2 Å². The lowest BCUT2D eigenvalue weighted by atomic mass is 10.1. The molecular formula is C15H17BrClN3O2. The Morgan fingerprint density at radius 1 is 1.36 bits per heavy atom. The lowest BCUT2D eigenvalue weighted by Crippen LogP contribution is -2.51. The Kier molecular flexibility index (Phi) is 5.26. The standard InChI is InChI=1S/C15H16BrN3O2.ClH/c1-9-8-19(5-4-17-9)15(21)12-7-14(20)18-13-3-2-10(16)6-11(12)13;/h2-3,6-7,9,17H,4-5,8H2,1H3,(H,18,20);1H. The molecule has 0 spiro atoms. The van der Waals surface area contributed by atoms with E-state index >= 15 is 0 Å². The Morgan fingerprint density at radius 2 is 2.14 bits per heavy atom. The Balaban J connectivity index is 0.00000176. The zero-order valence-corrected chi connectivity index (χ0v) is 14.5. The van der Waals surface area contributed by atoms with E-state index in [1.54, 1.807) is 11.0 Å². The van der Waals surface area contributed by atoms with Gasteiger partial charge in [0, 0.05) is 47.1 Å². The molecule has 0 aliphatic carbocycles. The van der Waals surface area contributed by atoms with Crippen molar-refractivity contribution in [3.63, 3.8) is 0 Å². The minimum Gasteiger partial charge on any atom is -0.336 e. The summed E-state index contributed by atoms with van der Waals surface area (Å²) in [5, 5.41) is 4.07. The number of pyridine rings is 1. The fourth-order valence-corrected chi connectivity index (χ4v) is 3.05. The first kappa shape index (κ1) is 17.0. The zero-order chi connectivity index (χ0) is 15.0. The first-order valence-electron chi connectivity index (χ1n) is 6.90. The SMILES string of the molecule is CC1CN(C(=O)c2cc(=O)[nH]c3ccc(Br)cc23)CCN1.Cl. The highest BCUT2D eigenvalue weighted by molar-refractivity contribution is 9.10. The number of carbonyl (C=O) groups excluding carboxylic acids is 1. The third-order valence-electron chi connectivity index (χ3n) is 3.69. The van der Waals surface area contributed by atoms with Gasteiger partial charge >= 0.3 is 0 Å². The molecule has 1 amide bonds. The summed E-state index contributed by atoms with van der Waals surface area (Å²) in [4.78, 5) is 29.1. The van der Waals surface area contributed by atoms with Crippen molar-refractivity contribution in [3.05, 3.63) is 44.7 Å². The van der Waals surface area contributed by atoms with Crippen LogP contribution in [0, 0.1) is 0 Å². The van der Waals surface area contributed by atoms with Crippen LogP contribution >= 0.6 is 28.3 Å². The highest BCUT2D eigenvalue weighted by Crippen LogP contribution is 2.22. The van der Waals surface area contributed by atoms with Gasteiger partial charge in [0.1, 0.15) is 0 Å². The number of aromatic nitrogens is 1. The van der Waals surface area contributed by atoms with Crippen LogP contribution in [0.15, 0.2) is 33.5 Å². The van der Waals surface area contributed by atoms with Crippen molar-refractivity contribution >= 4 is 45.1 Å². The van der Waals surface area contributed by atoms with Crippen molar-refractivity contribution < 1.29 is 4.79 Å². The second kappa shape index (κ2) is 6.81. The van der Waals surface area contributed by atoms with Gasteiger partial charge in [-0.15, -0.1) is 12.4 Å². The van der Waals surface area contributed by atoms with E-state index in [4.69, 9.17) is 0 Å². The van der Waals surface area contributed by atoms with Gasteiger partial charge in [0.15, 0.2) is 0 Å². The van der Waals surface area contributed by atoms with Crippen molar-refractivity contribution in [2.75, 3.05) is 19.6 Å². The Hall–Kier alpha value is -1.37. The average Bonchev–Trinajstić information content (AvgIpc) is 2.46. The van der Waals surface area contributed by atoms with E-state index in [0.29, 0.717) is 24.2 Å². The lowest BCUT2D eigenvalue weighted by Gasteiger charge is -2.32. The van der Waals surface area contributed by atoms with Crippen molar-refractivity contribution in [3.8, 4) is 0 Å². The molecule has 0 saturated carbocycles. The van der Waals surface area contributed by atoms with Crippen molar-refractivity contribution in [2.24, 2.45) is 0 Å². The van der Waals surface area contributed by atoms with Gasteiger partial charge in [-0.2, -0.15) is 0 Å². The number of H-pyrrole nitrogens is 1. The summed E-state index contributed by atoms with van der Waals surface area (Å²) < 4.78 is 0.879. The van der Waals surface area contributed by atoms with E-state index < -0.39 is 0 Å². The number of amides is 1. The molecule has 1 aromatic carbocycles. The molecule has 3 rings (SSSR count). The summed E-state index contributed by atoms with van der Waals surface area (Å²) >= 11 is 3.41. The minimum absolute atomic E-state index is 0. The fraction of sp³-hybridized carbons (Fsp3) is 0.333. The van der Waals surface area contributed by atoms with E-state index in [9.17, 15) is 9.59 Å². The van der Waals surface area contributed by atoms with Crippen LogP contribution in [-0.4, -0.2) is 41.5 Å². The summed E-state index contributed by atoms with van der Waals surface area (Å²) in [6.07, 6.45) is 0. The number of rotatable bonds is 1. The number of nitrogens with zero attached hydrogens (tertiary/aromatic N) is 1. The molecule has 118 valence electrons. The number of fused-ring (bicyclic) bond motifs is 1. The predicted molar refractivity (Wildman–Crippen MR) is 92.9 cm³/mol. The molecule has 1 aliphatic heterocycles. The molecule has 2 heterocycles. The summed E-state index contributed by atoms with van der Waals surface area (Å²) in [6, 6.07) is 7.17. The largest absolute Gasteiger partial charge is 0.336 e. The number of halogens is 2. The van der Waals surface area contributed by atoms with Crippen molar-refractivity contribution in [1.29, 1.82) is 0 Å². The molecule has 1 saturated heterocycles. The van der Waals surface area contributed by atoms with Gasteiger partial charge in [-0.1, -0.05) is 15.9 Å². The summed E-state index contributed by atoms with van der Waals surface area (Å²) in [5.41, 5.74) is 0.887. The number of hydrogen-bond donors (Lipinski definition) is 2. The third-order valence-corrected chi connectivity index (χ3v) is 4.18. The van der Waals surface area contributed by atoms with Gasteiger partial charge in [-0.05, 0) is 25.1 Å². The molecule has 0 bridgehead atoms. The summed E-state index contributed by atoms with van der Waals surface area (Å²) in [6.45, 7) is 4.14. The number of hydrogen-bond acceptors (Lipinski definition) is 3. The molecular weight excluding hydrogens is 370 g/mol. The molecule has 1 aliphatic rings.